The van der Waals surface area contributed by atoms with E-state index < -0.39 is 0 Å². The van der Waals surface area contributed by atoms with Crippen LogP contribution in [0.5, 0.6) is 5.75 Å². The van der Waals surface area contributed by atoms with E-state index in [0.29, 0.717) is 26.2 Å². The molecule has 0 spiro atoms. The minimum atomic E-state index is -0.166. The van der Waals surface area contributed by atoms with E-state index in [-0.39, 0.29) is 45.3 Å². The van der Waals surface area contributed by atoms with E-state index in [4.69, 9.17) is 0 Å². The Kier molecular flexibility index (Phi) is 12.3. The zero-order valence-electron chi connectivity index (χ0n) is 24.5. The number of pyridine rings is 4. The van der Waals surface area contributed by atoms with E-state index in [1.165, 1.54) is 0 Å². The van der Waals surface area contributed by atoms with Gasteiger partial charge in [0.15, 0.2) is 5.75 Å². The van der Waals surface area contributed by atoms with E-state index in [1.54, 1.807) is 24.8 Å². The Hall–Kier alpha value is -3.74. The molecule has 0 amide bonds. The van der Waals surface area contributed by atoms with E-state index in [1.807, 2.05) is 72.8 Å². The Labute approximate surface area is 275 Å². The average Bonchev–Trinajstić information content (AvgIpc) is 2.98. The smallest absolute Gasteiger partial charge is 0.504 e. The molecule has 4 heterocycles. The van der Waals surface area contributed by atoms with Crippen LogP contribution in [0.3, 0.4) is 0 Å². The summed E-state index contributed by atoms with van der Waals surface area (Å²) in [5.74, 6) is 0.205. The van der Waals surface area contributed by atoms with E-state index in [9.17, 15) is 5.11 Å². The van der Waals surface area contributed by atoms with Crippen LogP contribution in [0.15, 0.2) is 110 Å². The van der Waals surface area contributed by atoms with Crippen LogP contribution < -0.4 is 9.80 Å². The fourth-order valence-corrected chi connectivity index (χ4v) is 4.72. The number of anilines is 2. The first-order chi connectivity index (χ1) is 19.9. The Morgan fingerprint density at radius 1 is 0.535 bits per heavy atom. The zero-order chi connectivity index (χ0) is 28.7. The Bertz CT molecular complexity index is 1340. The van der Waals surface area contributed by atoms with E-state index in [2.05, 4.69) is 62.6 Å². The third-order valence-corrected chi connectivity index (χ3v) is 6.93. The molecule has 5 aromatic rings. The van der Waals surface area contributed by atoms with Crippen LogP contribution in [0.1, 0.15) is 49.1 Å². The molecule has 9 heteroatoms. The third kappa shape index (κ3) is 9.12. The summed E-state index contributed by atoms with van der Waals surface area (Å²) < 4.78 is 0. The van der Waals surface area contributed by atoms with Crippen LogP contribution in [-0.2, 0) is 65.7 Å². The molecular weight excluding hydrogens is 636 g/mol. The van der Waals surface area contributed by atoms with Gasteiger partial charge in [0.2, 0.25) is 0 Å². The molecule has 0 saturated carbocycles. The maximum atomic E-state index is 12.1. The topological polar surface area (TPSA) is 78.3 Å². The van der Waals surface area contributed by atoms with Crippen LogP contribution in [0.25, 0.3) is 0 Å². The van der Waals surface area contributed by atoms with Crippen molar-refractivity contribution in [1.82, 2.24) is 19.9 Å². The standard InChI is InChI=1S/C34H36N6O.2Cu/c1-34(2,3)26-20-31(39(22-27-12-4-8-16-35-27)23-28-13-5-9-17-36-28)33(41)32(21-26)40(24-29-14-6-10-18-37-29)25-30-15-7-11-19-38-30;;/h4-21,41H,22-25H2,1-3H3;;/q;2*+2. The molecular formula is C34H36Cu2N6O+4. The number of phenols is 1. The maximum Gasteiger partial charge on any atom is 2.00 e. The molecule has 226 valence electrons. The second-order valence-corrected chi connectivity index (χ2v) is 11.1. The van der Waals surface area contributed by atoms with Gasteiger partial charge >= 0.3 is 34.1 Å². The van der Waals surface area contributed by atoms with Crippen molar-refractivity contribution in [3.8, 4) is 5.75 Å². The van der Waals surface area contributed by atoms with Crippen molar-refractivity contribution >= 4 is 11.4 Å². The van der Waals surface area contributed by atoms with Crippen molar-refractivity contribution in [2.75, 3.05) is 9.80 Å². The van der Waals surface area contributed by atoms with Gasteiger partial charge in [-0.3, -0.25) is 19.9 Å². The van der Waals surface area contributed by atoms with Gasteiger partial charge in [-0.15, -0.1) is 0 Å². The average molecular weight is 672 g/mol. The summed E-state index contributed by atoms with van der Waals surface area (Å²) in [6, 6.07) is 27.8. The zero-order valence-corrected chi connectivity index (χ0v) is 26.3. The minimum Gasteiger partial charge on any atom is -0.504 e. The molecule has 0 aliphatic heterocycles. The molecule has 2 radical (unpaired) electrons. The predicted octanol–water partition coefficient (Wildman–Crippen LogP) is 6.68. The number of hydrogen-bond acceptors (Lipinski definition) is 7. The molecule has 0 unspecified atom stereocenters. The first-order valence-corrected chi connectivity index (χ1v) is 13.8. The fourth-order valence-electron chi connectivity index (χ4n) is 4.72. The maximum absolute atomic E-state index is 12.1. The van der Waals surface area contributed by atoms with Gasteiger partial charge in [0.1, 0.15) is 0 Å². The van der Waals surface area contributed by atoms with E-state index >= 15 is 0 Å². The second kappa shape index (κ2) is 15.6. The van der Waals surface area contributed by atoms with Gasteiger partial charge in [0.25, 0.3) is 0 Å². The van der Waals surface area contributed by atoms with Gasteiger partial charge in [-0.25, -0.2) is 0 Å². The molecule has 4 aromatic heterocycles. The second-order valence-electron chi connectivity index (χ2n) is 11.1. The number of rotatable bonds is 10. The first-order valence-electron chi connectivity index (χ1n) is 13.8. The summed E-state index contributed by atoms with van der Waals surface area (Å²) in [5.41, 5.74) is 6.04. The molecule has 7 nitrogen and oxygen atoms in total. The Morgan fingerprint density at radius 3 is 1.07 bits per heavy atom. The number of aromatic hydroxyl groups is 1. The van der Waals surface area contributed by atoms with Crippen LogP contribution in [-0.4, -0.2) is 25.0 Å². The molecule has 5 rings (SSSR count). The molecule has 1 N–H and O–H groups in total. The summed E-state index contributed by atoms with van der Waals surface area (Å²) in [6.07, 6.45) is 7.19. The van der Waals surface area contributed by atoms with Crippen molar-refractivity contribution in [3.63, 3.8) is 0 Å². The number of phenolic OH excluding ortho intramolecular Hbond substituents is 1. The minimum absolute atomic E-state index is 0. The molecule has 0 bridgehead atoms. The summed E-state index contributed by atoms with van der Waals surface area (Å²) >= 11 is 0. The molecule has 0 atom stereocenters. The Balaban J connectivity index is 0.00000253. The van der Waals surface area contributed by atoms with Gasteiger partial charge in [-0.2, -0.15) is 0 Å². The molecule has 0 aliphatic carbocycles. The molecule has 0 saturated heterocycles. The number of benzene rings is 1. The summed E-state index contributed by atoms with van der Waals surface area (Å²) in [7, 11) is 0. The van der Waals surface area contributed by atoms with Crippen molar-refractivity contribution < 1.29 is 39.2 Å². The van der Waals surface area contributed by atoms with Crippen LogP contribution in [0, 0.1) is 0 Å². The third-order valence-electron chi connectivity index (χ3n) is 6.93. The molecule has 0 aliphatic rings. The van der Waals surface area contributed by atoms with Crippen LogP contribution >= 0.6 is 0 Å². The van der Waals surface area contributed by atoms with Crippen molar-refractivity contribution in [3.05, 3.63) is 138 Å². The predicted molar refractivity (Wildman–Crippen MR) is 164 cm³/mol. The summed E-state index contributed by atoms with van der Waals surface area (Å²) in [6.45, 7) is 8.62. The summed E-state index contributed by atoms with van der Waals surface area (Å²) in [4.78, 5) is 22.6. The Morgan fingerprint density at radius 2 is 0.837 bits per heavy atom. The van der Waals surface area contributed by atoms with Gasteiger partial charge in [0.05, 0.1) is 60.3 Å². The normalized spacial score (nSPS) is 10.8. The van der Waals surface area contributed by atoms with Crippen molar-refractivity contribution in [2.24, 2.45) is 0 Å². The van der Waals surface area contributed by atoms with Crippen molar-refractivity contribution in [1.29, 1.82) is 0 Å². The summed E-state index contributed by atoms with van der Waals surface area (Å²) in [5, 5.41) is 12.1. The molecule has 0 fully saturated rings. The number of nitrogens with zero attached hydrogens (tertiary/aromatic N) is 6. The van der Waals surface area contributed by atoms with Gasteiger partial charge in [-0.1, -0.05) is 45.0 Å². The SMILES string of the molecule is CC(C)(C)c1cc(N(Cc2ccccn2)Cc2ccccn2)c(O)c(N(Cc2ccccn2)Cc2ccccn2)c1.[Cu+2].[Cu+2]. The van der Waals surface area contributed by atoms with Crippen molar-refractivity contribution in [2.45, 2.75) is 52.4 Å². The van der Waals surface area contributed by atoms with Gasteiger partial charge in [-0.05, 0) is 71.6 Å². The van der Waals surface area contributed by atoms with Gasteiger partial charge < -0.3 is 14.9 Å². The number of hydrogen-bond donors (Lipinski definition) is 1. The molecule has 43 heavy (non-hydrogen) atoms. The fraction of sp³-hybridized carbons (Fsp3) is 0.235. The monoisotopic (exact) mass is 670 g/mol. The van der Waals surface area contributed by atoms with Crippen LogP contribution in [0.4, 0.5) is 11.4 Å². The first kappa shape index (κ1) is 33.8. The van der Waals surface area contributed by atoms with Crippen LogP contribution in [0.2, 0.25) is 0 Å². The quantitative estimate of drug-likeness (QED) is 0.166. The largest absolute Gasteiger partial charge is 2.00 e. The van der Waals surface area contributed by atoms with E-state index in [0.717, 1.165) is 39.7 Å². The number of aromatic nitrogens is 4. The molecule has 1 aromatic carbocycles. The van der Waals surface area contributed by atoms with Gasteiger partial charge in [0, 0.05) is 24.8 Å².